The summed E-state index contributed by atoms with van der Waals surface area (Å²) in [5, 5.41) is 34.5. The lowest BCUT2D eigenvalue weighted by Gasteiger charge is -2.25. The zero-order valence-corrected chi connectivity index (χ0v) is 20.3. The van der Waals surface area contributed by atoms with Gasteiger partial charge in [-0.05, 0) is 37.7 Å². The van der Waals surface area contributed by atoms with Crippen molar-refractivity contribution in [3.05, 3.63) is 0 Å². The van der Waals surface area contributed by atoms with Crippen molar-refractivity contribution in [1.29, 1.82) is 0 Å². The molecule has 15 nitrogen and oxygen atoms in total. The number of aliphatic hydroxyl groups excluding tert-OH is 1. The molecule has 4 atom stereocenters. The Morgan fingerprint density at radius 2 is 1.43 bits per heavy atom. The number of aliphatic carboxylic acids is 2. The van der Waals surface area contributed by atoms with Crippen LogP contribution in [0.4, 0.5) is 0 Å². The number of carboxylic acid groups (broad SMARTS) is 2. The molecule has 0 radical (unpaired) electrons. The molecule has 0 aliphatic heterocycles. The van der Waals surface area contributed by atoms with Crippen LogP contribution in [-0.2, 0) is 24.0 Å². The van der Waals surface area contributed by atoms with Gasteiger partial charge in [-0.3, -0.25) is 24.2 Å². The van der Waals surface area contributed by atoms with E-state index in [1.807, 2.05) is 0 Å². The Morgan fingerprint density at radius 3 is 1.91 bits per heavy atom. The van der Waals surface area contributed by atoms with Gasteiger partial charge in [0, 0.05) is 13.0 Å². The first-order chi connectivity index (χ1) is 16.4. The third-order valence-corrected chi connectivity index (χ3v) is 5.26. The minimum absolute atomic E-state index is 0.0252. The van der Waals surface area contributed by atoms with Crippen molar-refractivity contribution >= 4 is 47.4 Å². The number of aliphatic imine (C=N–C) groups is 1. The number of aliphatic hydroxyl groups is 1. The molecule has 0 aromatic heterocycles. The lowest BCUT2D eigenvalue weighted by Crippen LogP contribution is -2.57. The lowest BCUT2D eigenvalue weighted by atomic mass is 10.1. The monoisotopic (exact) mass is 521 g/mol. The van der Waals surface area contributed by atoms with E-state index in [9.17, 15) is 29.1 Å². The van der Waals surface area contributed by atoms with Gasteiger partial charge >= 0.3 is 11.9 Å². The number of carbonyl (C=O) groups is 5. The predicted molar refractivity (Wildman–Crippen MR) is 128 cm³/mol. The molecular formula is C19H35N7O8S. The number of hydrogen-bond donors (Lipinski definition) is 9. The first-order valence-corrected chi connectivity index (χ1v) is 12.1. The molecule has 0 aromatic carbocycles. The van der Waals surface area contributed by atoms with E-state index in [0.29, 0.717) is 5.75 Å². The van der Waals surface area contributed by atoms with Crippen molar-refractivity contribution in [2.24, 2.45) is 22.2 Å². The van der Waals surface area contributed by atoms with Gasteiger partial charge in [0.25, 0.3) is 0 Å². The number of amides is 3. The summed E-state index contributed by atoms with van der Waals surface area (Å²) < 4.78 is 0. The largest absolute Gasteiger partial charge is 0.481 e. The van der Waals surface area contributed by atoms with Gasteiger partial charge in [-0.1, -0.05) is 0 Å². The number of nitrogens with one attached hydrogen (secondary N) is 3. The molecule has 0 rings (SSSR count). The van der Waals surface area contributed by atoms with Crippen LogP contribution in [0.3, 0.4) is 0 Å². The number of rotatable bonds is 18. The molecule has 0 heterocycles. The topological polar surface area (TPSA) is 273 Å². The van der Waals surface area contributed by atoms with Gasteiger partial charge in [-0.25, -0.2) is 4.79 Å². The average Bonchev–Trinajstić information content (AvgIpc) is 2.79. The van der Waals surface area contributed by atoms with Crippen molar-refractivity contribution in [3.8, 4) is 0 Å². The van der Waals surface area contributed by atoms with Crippen LogP contribution in [0.25, 0.3) is 0 Å². The zero-order chi connectivity index (χ0) is 27.0. The number of thioether (sulfide) groups is 1. The van der Waals surface area contributed by atoms with Gasteiger partial charge in [-0.2, -0.15) is 11.8 Å². The van der Waals surface area contributed by atoms with E-state index >= 15 is 0 Å². The summed E-state index contributed by atoms with van der Waals surface area (Å²) in [6, 6.07) is -5.11. The minimum Gasteiger partial charge on any atom is -0.481 e. The summed E-state index contributed by atoms with van der Waals surface area (Å²) in [6.07, 6.45) is 1.43. The third-order valence-electron chi connectivity index (χ3n) is 4.62. The lowest BCUT2D eigenvalue weighted by molar-refractivity contribution is -0.142. The molecule has 0 saturated carbocycles. The molecule has 0 aliphatic rings. The number of hydrogen-bond acceptors (Lipinski definition) is 9. The molecule has 12 N–H and O–H groups in total. The molecule has 0 aliphatic carbocycles. The van der Waals surface area contributed by atoms with Crippen LogP contribution in [-0.4, -0.2) is 100 Å². The molecule has 0 bridgehead atoms. The van der Waals surface area contributed by atoms with Gasteiger partial charge in [0.05, 0.1) is 6.61 Å². The van der Waals surface area contributed by atoms with E-state index in [1.54, 1.807) is 6.26 Å². The summed E-state index contributed by atoms with van der Waals surface area (Å²) in [4.78, 5) is 63.9. The Bertz CT molecular complexity index is 763. The second-order valence-corrected chi connectivity index (χ2v) is 8.46. The van der Waals surface area contributed by atoms with E-state index in [1.165, 1.54) is 11.8 Å². The Kier molecular flexibility index (Phi) is 15.8. The van der Waals surface area contributed by atoms with Crippen LogP contribution < -0.4 is 33.2 Å². The minimum atomic E-state index is -1.35. The number of carbonyl (C=O) groups excluding carboxylic acids is 3. The molecule has 200 valence electrons. The van der Waals surface area contributed by atoms with Crippen LogP contribution in [0.2, 0.25) is 0 Å². The van der Waals surface area contributed by atoms with Crippen molar-refractivity contribution in [3.63, 3.8) is 0 Å². The summed E-state index contributed by atoms with van der Waals surface area (Å²) in [5.74, 6) is -4.72. The summed E-state index contributed by atoms with van der Waals surface area (Å²) in [6.45, 7) is -0.535. The SMILES string of the molecule is CSCCC(NC(=O)C(CCC(=O)O)NC(=O)C(N)CO)C(=O)NC(CCCN=C(N)N)C(=O)O. The Hall–Kier alpha value is -3.11. The van der Waals surface area contributed by atoms with E-state index in [0.717, 1.165) is 0 Å². The highest BCUT2D eigenvalue weighted by atomic mass is 32.2. The fraction of sp³-hybridized carbons (Fsp3) is 0.684. The number of carboxylic acids is 2. The number of nitrogens with zero attached hydrogens (tertiary/aromatic N) is 1. The third kappa shape index (κ3) is 14.0. The highest BCUT2D eigenvalue weighted by molar-refractivity contribution is 7.98. The van der Waals surface area contributed by atoms with Crippen LogP contribution in [0.5, 0.6) is 0 Å². The summed E-state index contributed by atoms with van der Waals surface area (Å²) in [7, 11) is 0. The average molecular weight is 522 g/mol. The molecule has 3 amide bonds. The Labute approximate surface area is 206 Å². The van der Waals surface area contributed by atoms with E-state index in [2.05, 4.69) is 20.9 Å². The van der Waals surface area contributed by atoms with Gasteiger partial charge in [-0.15, -0.1) is 0 Å². The van der Waals surface area contributed by atoms with Gasteiger partial charge < -0.3 is 48.5 Å². The van der Waals surface area contributed by atoms with Crippen molar-refractivity contribution in [1.82, 2.24) is 16.0 Å². The second-order valence-electron chi connectivity index (χ2n) is 7.47. The van der Waals surface area contributed by atoms with E-state index < -0.39 is 66.9 Å². The van der Waals surface area contributed by atoms with Gasteiger partial charge in [0.2, 0.25) is 17.7 Å². The van der Waals surface area contributed by atoms with Crippen LogP contribution in [0.15, 0.2) is 4.99 Å². The fourth-order valence-electron chi connectivity index (χ4n) is 2.71. The number of guanidine groups is 1. The first kappa shape index (κ1) is 31.9. The van der Waals surface area contributed by atoms with E-state index in [4.69, 9.17) is 27.4 Å². The molecule has 0 spiro atoms. The van der Waals surface area contributed by atoms with Crippen LogP contribution in [0.1, 0.15) is 32.1 Å². The van der Waals surface area contributed by atoms with Crippen LogP contribution in [0, 0.1) is 0 Å². The van der Waals surface area contributed by atoms with Gasteiger partial charge in [0.15, 0.2) is 5.96 Å². The smallest absolute Gasteiger partial charge is 0.326 e. The van der Waals surface area contributed by atoms with E-state index in [-0.39, 0.29) is 38.2 Å². The van der Waals surface area contributed by atoms with Crippen molar-refractivity contribution < 1.29 is 39.3 Å². The highest BCUT2D eigenvalue weighted by Gasteiger charge is 2.30. The Balaban J connectivity index is 5.42. The standard InChI is InChI=1S/C19H35N7O8S/c1-35-8-6-12(17(32)26-13(18(33)34)3-2-7-23-19(21)22)25-16(31)11(4-5-14(28)29)24-15(30)10(20)9-27/h10-13,27H,2-9,20H2,1H3,(H,24,30)(H,25,31)(H,26,32)(H,28,29)(H,33,34)(H4,21,22,23). The molecule has 0 saturated heterocycles. The first-order valence-electron chi connectivity index (χ1n) is 10.7. The quantitative estimate of drug-likeness (QED) is 0.0483. The summed E-state index contributed by atoms with van der Waals surface area (Å²) >= 11 is 1.38. The zero-order valence-electron chi connectivity index (χ0n) is 19.4. The number of nitrogens with two attached hydrogens (primary N) is 3. The van der Waals surface area contributed by atoms with Crippen LogP contribution >= 0.6 is 11.8 Å². The highest BCUT2D eigenvalue weighted by Crippen LogP contribution is 2.06. The maximum Gasteiger partial charge on any atom is 0.326 e. The molecule has 16 heteroatoms. The normalized spacial score (nSPS) is 14.0. The summed E-state index contributed by atoms with van der Waals surface area (Å²) in [5.41, 5.74) is 15.9. The van der Waals surface area contributed by atoms with Crippen molar-refractivity contribution in [2.75, 3.05) is 25.2 Å². The molecule has 35 heavy (non-hydrogen) atoms. The van der Waals surface area contributed by atoms with Crippen molar-refractivity contribution in [2.45, 2.75) is 56.3 Å². The van der Waals surface area contributed by atoms with Gasteiger partial charge in [0.1, 0.15) is 24.2 Å². The predicted octanol–water partition coefficient (Wildman–Crippen LogP) is -3.48. The second kappa shape index (κ2) is 17.3. The molecule has 0 fully saturated rings. The maximum absolute atomic E-state index is 12.8. The maximum atomic E-state index is 12.8. The molecule has 4 unspecified atom stereocenters. The molecule has 0 aromatic rings. The fourth-order valence-corrected chi connectivity index (χ4v) is 3.18. The molecular weight excluding hydrogens is 486 g/mol. The Morgan fingerprint density at radius 1 is 0.886 bits per heavy atom.